The predicted octanol–water partition coefficient (Wildman–Crippen LogP) is 4.26. The number of aromatic nitrogens is 1. The number of ether oxygens (including phenoxy) is 1. The molecule has 0 spiro atoms. The zero-order valence-corrected chi connectivity index (χ0v) is 17.2. The van der Waals surface area contributed by atoms with Gasteiger partial charge in [0, 0.05) is 30.0 Å². The van der Waals surface area contributed by atoms with E-state index in [0.29, 0.717) is 17.8 Å². The number of hydrogen-bond acceptors (Lipinski definition) is 4. The lowest BCUT2D eigenvalue weighted by molar-refractivity contribution is -0.144. The third-order valence-corrected chi connectivity index (χ3v) is 7.82. The smallest absolute Gasteiger partial charge is 0.309 e. The van der Waals surface area contributed by atoms with Crippen LogP contribution in [-0.4, -0.2) is 28.8 Å². The van der Waals surface area contributed by atoms with Crippen molar-refractivity contribution in [1.82, 2.24) is 4.98 Å². The Bertz CT molecular complexity index is 930. The highest BCUT2D eigenvalue weighted by molar-refractivity contribution is 5.75. The maximum Gasteiger partial charge on any atom is 0.309 e. The van der Waals surface area contributed by atoms with Crippen LogP contribution in [0.15, 0.2) is 42.6 Å². The van der Waals surface area contributed by atoms with Crippen LogP contribution in [0.2, 0.25) is 0 Å². The minimum Gasteiger partial charge on any atom is -0.462 e. The van der Waals surface area contributed by atoms with Gasteiger partial charge in [-0.15, -0.1) is 0 Å². The number of rotatable bonds is 4. The summed E-state index contributed by atoms with van der Waals surface area (Å²) in [6.07, 6.45) is 5.61. The summed E-state index contributed by atoms with van der Waals surface area (Å²) in [6, 6.07) is 10.6. The van der Waals surface area contributed by atoms with E-state index >= 15 is 0 Å². The number of esters is 1. The largest absolute Gasteiger partial charge is 0.462 e. The summed E-state index contributed by atoms with van der Waals surface area (Å²) in [5, 5.41) is 9.95. The van der Waals surface area contributed by atoms with E-state index in [-0.39, 0.29) is 42.3 Å². The fourth-order valence-corrected chi connectivity index (χ4v) is 6.56. The summed E-state index contributed by atoms with van der Waals surface area (Å²) in [6.45, 7) is 2.18. The van der Waals surface area contributed by atoms with Gasteiger partial charge in [0.15, 0.2) is 0 Å². The number of hydrogen-bond donors (Lipinski definition) is 1. The second-order valence-electron chi connectivity index (χ2n) is 9.34. The van der Waals surface area contributed by atoms with Gasteiger partial charge < -0.3 is 9.84 Å². The quantitative estimate of drug-likeness (QED) is 0.767. The number of halogens is 1. The average molecular weight is 410 g/mol. The lowest BCUT2D eigenvalue weighted by Crippen LogP contribution is -2.43. The van der Waals surface area contributed by atoms with Gasteiger partial charge in [0.2, 0.25) is 0 Å². The van der Waals surface area contributed by atoms with E-state index in [2.05, 4.69) is 4.98 Å². The van der Waals surface area contributed by atoms with Crippen LogP contribution in [0.25, 0.3) is 11.1 Å². The van der Waals surface area contributed by atoms with Gasteiger partial charge >= 0.3 is 5.97 Å². The lowest BCUT2D eigenvalue weighted by atomic mass is 9.60. The maximum absolute atomic E-state index is 13.5. The molecule has 3 aliphatic rings. The third-order valence-electron chi connectivity index (χ3n) is 7.82. The number of aliphatic hydroxyl groups excluding tert-OH is 1. The molecule has 0 bridgehead atoms. The first-order valence-corrected chi connectivity index (χ1v) is 11.1. The number of aliphatic hydroxyl groups is 1. The van der Waals surface area contributed by atoms with Crippen LogP contribution in [-0.2, 0) is 16.0 Å². The molecule has 1 N–H and O–H groups in total. The third kappa shape index (κ3) is 3.33. The molecule has 0 radical (unpaired) electrons. The van der Waals surface area contributed by atoms with E-state index in [9.17, 15) is 14.3 Å². The summed E-state index contributed by atoms with van der Waals surface area (Å²) >= 11 is 0. The van der Waals surface area contributed by atoms with Gasteiger partial charge in [-0.25, -0.2) is 4.39 Å². The number of carbonyl (C=O) groups excluding carboxylic acids is 1. The number of carbonyl (C=O) groups is 1. The Labute approximate surface area is 176 Å². The van der Waals surface area contributed by atoms with Crippen molar-refractivity contribution < 1.29 is 19.0 Å². The fraction of sp³-hybridized carbons (Fsp3) is 0.520. The Morgan fingerprint density at radius 1 is 1.13 bits per heavy atom. The highest BCUT2D eigenvalue weighted by atomic mass is 19.1. The Morgan fingerprint density at radius 2 is 2.00 bits per heavy atom. The Morgan fingerprint density at radius 3 is 2.73 bits per heavy atom. The topological polar surface area (TPSA) is 59.4 Å². The molecule has 5 rings (SSSR count). The van der Waals surface area contributed by atoms with E-state index in [4.69, 9.17) is 4.74 Å². The van der Waals surface area contributed by atoms with E-state index in [0.717, 1.165) is 42.5 Å². The van der Waals surface area contributed by atoms with Gasteiger partial charge in [-0.2, -0.15) is 0 Å². The van der Waals surface area contributed by atoms with Gasteiger partial charge in [-0.3, -0.25) is 9.78 Å². The van der Waals surface area contributed by atoms with Gasteiger partial charge in [-0.1, -0.05) is 18.2 Å². The number of fused-ring (bicyclic) bond motifs is 3. The van der Waals surface area contributed by atoms with Crippen LogP contribution in [0.5, 0.6) is 0 Å². The summed E-state index contributed by atoms with van der Waals surface area (Å²) in [4.78, 5) is 17.1. The van der Waals surface area contributed by atoms with E-state index in [1.165, 1.54) is 12.1 Å². The molecular weight excluding hydrogens is 381 g/mol. The molecule has 0 amide bonds. The number of pyridine rings is 1. The molecule has 5 heteroatoms. The van der Waals surface area contributed by atoms with Gasteiger partial charge in [-0.05, 0) is 80.0 Å². The van der Waals surface area contributed by atoms with Crippen molar-refractivity contribution in [3.05, 3.63) is 54.1 Å². The first kappa shape index (κ1) is 19.7. The van der Waals surface area contributed by atoms with Crippen molar-refractivity contribution in [2.24, 2.45) is 35.5 Å². The van der Waals surface area contributed by atoms with Crippen molar-refractivity contribution >= 4 is 5.97 Å². The standard InChI is InChI=1S/C25H28FNO3/c1-14-23-22(25(29)30-14)11-18(13-28)21-8-6-16(24(21)23)10-20-7-5-17(12-27-20)15-3-2-4-19(26)9-15/h2-5,7,9,12,14,16,18,21-24,28H,6,8,10-11,13H2,1H3/t14-,16+,18-,21-,22-,23-,24+/m1/s1. The first-order chi connectivity index (χ1) is 14.5. The molecule has 2 aliphatic carbocycles. The van der Waals surface area contributed by atoms with Crippen LogP contribution in [0.4, 0.5) is 4.39 Å². The molecular formula is C25H28FNO3. The SMILES string of the molecule is C[C@H]1OC(=O)[C@@H]2C[C@H](CO)[C@H]3CC[C@@H](Cc4ccc(-c5cccc(F)c5)cn4)[C@@H]3[C@H]12. The zero-order chi connectivity index (χ0) is 20.8. The van der Waals surface area contributed by atoms with Gasteiger partial charge in [0.05, 0.1) is 5.92 Å². The molecule has 7 atom stereocenters. The van der Waals surface area contributed by atoms with Crippen LogP contribution >= 0.6 is 0 Å². The summed E-state index contributed by atoms with van der Waals surface area (Å²) < 4.78 is 19.1. The minimum absolute atomic E-state index is 0.0430. The van der Waals surface area contributed by atoms with Crippen molar-refractivity contribution in [3.8, 4) is 11.1 Å². The van der Waals surface area contributed by atoms with Crippen molar-refractivity contribution in [3.63, 3.8) is 0 Å². The maximum atomic E-state index is 13.5. The monoisotopic (exact) mass is 409 g/mol. The van der Waals surface area contributed by atoms with Gasteiger partial charge in [0.1, 0.15) is 11.9 Å². The van der Waals surface area contributed by atoms with E-state index < -0.39 is 0 Å². The Kier molecular flexibility index (Phi) is 5.10. The number of benzene rings is 1. The summed E-state index contributed by atoms with van der Waals surface area (Å²) in [5.41, 5.74) is 2.76. The van der Waals surface area contributed by atoms with Crippen molar-refractivity contribution in [1.29, 1.82) is 0 Å². The predicted molar refractivity (Wildman–Crippen MR) is 111 cm³/mol. The van der Waals surface area contributed by atoms with E-state index in [1.807, 2.05) is 31.3 Å². The van der Waals surface area contributed by atoms with Gasteiger partial charge in [0.25, 0.3) is 0 Å². The molecule has 30 heavy (non-hydrogen) atoms. The molecule has 1 aliphatic heterocycles. The van der Waals surface area contributed by atoms with Crippen molar-refractivity contribution in [2.45, 2.75) is 38.7 Å². The number of cyclic esters (lactones) is 1. The molecule has 1 aromatic carbocycles. The molecule has 1 saturated heterocycles. The van der Waals surface area contributed by atoms with Crippen LogP contribution in [0.3, 0.4) is 0 Å². The highest BCUT2D eigenvalue weighted by Gasteiger charge is 2.57. The highest BCUT2D eigenvalue weighted by Crippen LogP contribution is 2.57. The molecule has 2 aromatic rings. The van der Waals surface area contributed by atoms with Crippen LogP contribution in [0.1, 0.15) is 31.9 Å². The first-order valence-electron chi connectivity index (χ1n) is 11.1. The lowest BCUT2D eigenvalue weighted by Gasteiger charge is -2.42. The molecule has 0 unspecified atom stereocenters. The Hall–Kier alpha value is -2.27. The number of nitrogens with zero attached hydrogens (tertiary/aromatic N) is 1. The summed E-state index contributed by atoms with van der Waals surface area (Å²) in [7, 11) is 0. The second-order valence-corrected chi connectivity index (χ2v) is 9.34. The van der Waals surface area contributed by atoms with E-state index in [1.54, 1.807) is 6.07 Å². The van der Waals surface area contributed by atoms with Crippen LogP contribution < -0.4 is 0 Å². The molecule has 158 valence electrons. The van der Waals surface area contributed by atoms with Crippen molar-refractivity contribution in [2.75, 3.05) is 6.61 Å². The summed E-state index contributed by atoms with van der Waals surface area (Å²) in [5.74, 6) is 1.36. The minimum atomic E-state index is -0.249. The Balaban J connectivity index is 1.36. The molecule has 3 fully saturated rings. The fourth-order valence-electron chi connectivity index (χ4n) is 6.56. The normalized spacial score (nSPS) is 35.0. The molecule has 2 saturated carbocycles. The molecule has 1 aromatic heterocycles. The second kappa shape index (κ2) is 7.77. The molecule has 4 nitrogen and oxygen atoms in total. The molecule has 2 heterocycles. The van der Waals surface area contributed by atoms with Crippen LogP contribution in [0, 0.1) is 41.3 Å². The zero-order valence-electron chi connectivity index (χ0n) is 17.2. The average Bonchev–Trinajstić information content (AvgIpc) is 3.28.